The lowest BCUT2D eigenvalue weighted by Crippen LogP contribution is -2.27. The number of hydrogen-bond acceptors (Lipinski definition) is 3. The standard InChI is InChI=1S/C21H41NO2/c1-4-17-22(18-13-9-5-7-11-15-20(2)23)19-14-10-6-8-12-16-21(3)24/h4-19H2,1-3H3. The van der Waals surface area contributed by atoms with E-state index in [1.54, 1.807) is 13.8 Å². The molecule has 0 saturated heterocycles. The zero-order valence-corrected chi connectivity index (χ0v) is 16.6. The van der Waals surface area contributed by atoms with Gasteiger partial charge in [0.2, 0.25) is 0 Å². The van der Waals surface area contributed by atoms with Crippen molar-refractivity contribution in [3.8, 4) is 0 Å². The van der Waals surface area contributed by atoms with Crippen molar-refractivity contribution in [2.75, 3.05) is 19.6 Å². The Kier molecular flexibility index (Phi) is 16.6. The van der Waals surface area contributed by atoms with Gasteiger partial charge in [-0.25, -0.2) is 0 Å². The first-order valence-corrected chi connectivity index (χ1v) is 10.3. The van der Waals surface area contributed by atoms with Gasteiger partial charge < -0.3 is 14.5 Å². The monoisotopic (exact) mass is 339 g/mol. The third-order valence-electron chi connectivity index (χ3n) is 4.55. The van der Waals surface area contributed by atoms with Crippen LogP contribution in [0.5, 0.6) is 0 Å². The second-order valence-electron chi connectivity index (χ2n) is 7.28. The van der Waals surface area contributed by atoms with Crippen LogP contribution in [0.1, 0.15) is 104 Å². The lowest BCUT2D eigenvalue weighted by atomic mass is 10.1. The zero-order chi connectivity index (χ0) is 18.0. The van der Waals surface area contributed by atoms with Crippen LogP contribution in [0.2, 0.25) is 0 Å². The highest BCUT2D eigenvalue weighted by molar-refractivity contribution is 5.75. The summed E-state index contributed by atoms with van der Waals surface area (Å²) >= 11 is 0. The molecular formula is C21H41NO2. The fourth-order valence-electron chi connectivity index (χ4n) is 3.13. The Morgan fingerprint density at radius 2 is 0.958 bits per heavy atom. The predicted octanol–water partition coefficient (Wildman–Crippen LogP) is 5.56. The highest BCUT2D eigenvalue weighted by atomic mass is 16.1. The Bertz CT molecular complexity index is 287. The van der Waals surface area contributed by atoms with E-state index in [9.17, 15) is 9.59 Å². The van der Waals surface area contributed by atoms with Crippen molar-refractivity contribution in [3.05, 3.63) is 0 Å². The van der Waals surface area contributed by atoms with Crippen molar-refractivity contribution in [1.82, 2.24) is 4.90 Å². The molecule has 0 atom stereocenters. The van der Waals surface area contributed by atoms with Gasteiger partial charge in [-0.05, 0) is 65.6 Å². The van der Waals surface area contributed by atoms with Gasteiger partial charge in [0, 0.05) is 12.8 Å². The number of unbranched alkanes of at least 4 members (excludes halogenated alkanes) is 8. The Balaban J connectivity index is 3.52. The van der Waals surface area contributed by atoms with Gasteiger partial charge in [-0.15, -0.1) is 0 Å². The summed E-state index contributed by atoms with van der Waals surface area (Å²) in [7, 11) is 0. The molecule has 0 unspecified atom stereocenters. The molecule has 0 aromatic carbocycles. The minimum atomic E-state index is 0.324. The van der Waals surface area contributed by atoms with E-state index in [-0.39, 0.29) is 0 Å². The Labute approximate surface area is 150 Å². The molecule has 0 amide bonds. The number of nitrogens with zero attached hydrogens (tertiary/aromatic N) is 1. The molecule has 0 aliphatic heterocycles. The maximum absolute atomic E-state index is 10.9. The van der Waals surface area contributed by atoms with E-state index >= 15 is 0 Å². The average molecular weight is 340 g/mol. The minimum absolute atomic E-state index is 0.324. The van der Waals surface area contributed by atoms with E-state index < -0.39 is 0 Å². The zero-order valence-electron chi connectivity index (χ0n) is 16.6. The number of hydrogen-bond donors (Lipinski definition) is 0. The lowest BCUT2D eigenvalue weighted by Gasteiger charge is -2.21. The molecule has 0 saturated carbocycles. The molecule has 0 spiro atoms. The Hall–Kier alpha value is -0.700. The summed E-state index contributed by atoms with van der Waals surface area (Å²) in [4.78, 5) is 24.4. The average Bonchev–Trinajstić information content (AvgIpc) is 2.52. The summed E-state index contributed by atoms with van der Waals surface area (Å²) in [6.45, 7) is 9.30. The van der Waals surface area contributed by atoms with Crippen molar-refractivity contribution >= 4 is 11.6 Å². The van der Waals surface area contributed by atoms with E-state index in [1.165, 1.54) is 77.4 Å². The normalized spacial score (nSPS) is 11.2. The molecule has 3 nitrogen and oxygen atoms in total. The van der Waals surface area contributed by atoms with Gasteiger partial charge in [-0.1, -0.05) is 45.4 Å². The molecule has 0 bridgehead atoms. The van der Waals surface area contributed by atoms with Crippen molar-refractivity contribution in [1.29, 1.82) is 0 Å². The molecule has 0 N–H and O–H groups in total. The van der Waals surface area contributed by atoms with Crippen LogP contribution >= 0.6 is 0 Å². The first kappa shape index (κ1) is 23.3. The van der Waals surface area contributed by atoms with Crippen LogP contribution in [0.3, 0.4) is 0 Å². The maximum Gasteiger partial charge on any atom is 0.129 e. The molecule has 0 rings (SSSR count). The quantitative estimate of drug-likeness (QED) is 0.307. The van der Waals surface area contributed by atoms with E-state index in [0.717, 1.165) is 25.7 Å². The lowest BCUT2D eigenvalue weighted by molar-refractivity contribution is -0.117. The van der Waals surface area contributed by atoms with Crippen LogP contribution in [-0.2, 0) is 9.59 Å². The van der Waals surface area contributed by atoms with Gasteiger partial charge >= 0.3 is 0 Å². The maximum atomic E-state index is 10.9. The van der Waals surface area contributed by atoms with Crippen LogP contribution < -0.4 is 0 Å². The van der Waals surface area contributed by atoms with E-state index in [2.05, 4.69) is 11.8 Å². The Morgan fingerprint density at radius 1 is 0.583 bits per heavy atom. The summed E-state index contributed by atoms with van der Waals surface area (Å²) in [6.07, 6.45) is 15.0. The van der Waals surface area contributed by atoms with Gasteiger partial charge in [0.05, 0.1) is 0 Å². The SMILES string of the molecule is CCCN(CCCCCCCC(C)=O)CCCCCCCC(C)=O. The molecule has 3 heteroatoms. The highest BCUT2D eigenvalue weighted by Gasteiger charge is 2.04. The number of carbonyl (C=O) groups is 2. The molecule has 0 heterocycles. The molecule has 0 fully saturated rings. The molecule has 0 aromatic rings. The van der Waals surface area contributed by atoms with Gasteiger partial charge in [-0.2, -0.15) is 0 Å². The van der Waals surface area contributed by atoms with Gasteiger partial charge in [0.15, 0.2) is 0 Å². The van der Waals surface area contributed by atoms with Gasteiger partial charge in [0.1, 0.15) is 11.6 Å². The van der Waals surface area contributed by atoms with Gasteiger partial charge in [-0.3, -0.25) is 0 Å². The summed E-state index contributed by atoms with van der Waals surface area (Å²) in [6, 6.07) is 0. The van der Waals surface area contributed by atoms with Crippen LogP contribution in [-0.4, -0.2) is 36.1 Å². The third-order valence-corrected chi connectivity index (χ3v) is 4.55. The van der Waals surface area contributed by atoms with Crippen molar-refractivity contribution in [2.24, 2.45) is 0 Å². The largest absolute Gasteiger partial charge is 0.303 e. The van der Waals surface area contributed by atoms with Crippen LogP contribution in [0.25, 0.3) is 0 Å². The second kappa shape index (κ2) is 17.1. The molecule has 24 heavy (non-hydrogen) atoms. The summed E-state index contributed by atoms with van der Waals surface area (Å²) in [5, 5.41) is 0. The first-order valence-electron chi connectivity index (χ1n) is 10.3. The molecule has 0 aliphatic rings. The van der Waals surface area contributed by atoms with Crippen LogP contribution in [0.15, 0.2) is 0 Å². The third kappa shape index (κ3) is 17.7. The second-order valence-corrected chi connectivity index (χ2v) is 7.28. The number of Topliss-reactive ketones (excluding diaryl/α,β-unsaturated/α-hetero) is 2. The van der Waals surface area contributed by atoms with Gasteiger partial charge in [0.25, 0.3) is 0 Å². The van der Waals surface area contributed by atoms with Crippen molar-refractivity contribution in [3.63, 3.8) is 0 Å². The molecule has 0 radical (unpaired) electrons. The summed E-state index contributed by atoms with van der Waals surface area (Å²) in [5.41, 5.74) is 0. The number of ketones is 2. The highest BCUT2D eigenvalue weighted by Crippen LogP contribution is 2.09. The van der Waals surface area contributed by atoms with E-state index in [4.69, 9.17) is 0 Å². The smallest absolute Gasteiger partial charge is 0.129 e. The molecule has 0 aromatic heterocycles. The topological polar surface area (TPSA) is 37.4 Å². The van der Waals surface area contributed by atoms with Crippen LogP contribution in [0.4, 0.5) is 0 Å². The fourth-order valence-corrected chi connectivity index (χ4v) is 3.13. The summed E-state index contributed by atoms with van der Waals surface area (Å²) in [5.74, 6) is 0.649. The van der Waals surface area contributed by atoms with Crippen molar-refractivity contribution < 1.29 is 9.59 Å². The molecule has 0 aliphatic carbocycles. The van der Waals surface area contributed by atoms with Crippen LogP contribution in [0, 0.1) is 0 Å². The molecular weight excluding hydrogens is 298 g/mol. The van der Waals surface area contributed by atoms with Crippen molar-refractivity contribution in [2.45, 2.75) is 104 Å². The summed E-state index contributed by atoms with van der Waals surface area (Å²) < 4.78 is 0. The fraction of sp³-hybridized carbons (Fsp3) is 0.905. The minimum Gasteiger partial charge on any atom is -0.303 e. The van der Waals surface area contributed by atoms with E-state index in [0.29, 0.717) is 11.6 Å². The molecule has 142 valence electrons. The number of carbonyl (C=O) groups excluding carboxylic acids is 2. The predicted molar refractivity (Wildman–Crippen MR) is 103 cm³/mol. The Morgan fingerprint density at radius 3 is 1.33 bits per heavy atom. The first-order chi connectivity index (χ1) is 11.6. The van der Waals surface area contributed by atoms with E-state index in [1.807, 2.05) is 0 Å². The number of rotatable bonds is 18.